The smallest absolute Gasteiger partial charge is 0.214 e. The zero-order valence-electron chi connectivity index (χ0n) is 15.6. The van der Waals surface area contributed by atoms with E-state index < -0.39 is 0 Å². The average Bonchev–Trinajstić information content (AvgIpc) is 3.41. The molecule has 0 saturated carbocycles. The van der Waals surface area contributed by atoms with Crippen molar-refractivity contribution in [1.29, 1.82) is 0 Å². The first kappa shape index (κ1) is 19.3. The fourth-order valence-electron chi connectivity index (χ4n) is 2.65. The standard InChI is InChI=1S/C19H16FN5O2S2/c1-26-16-7-6-12(8-17(16)27-2)18-21-14(10-28-18)11-29-19-22-23-24-25(19)15-5-3-4-13(20)9-15/h3-10H,11H2,1-2H3. The molecule has 0 N–H and O–H groups in total. The first-order valence-electron chi connectivity index (χ1n) is 8.52. The highest BCUT2D eigenvalue weighted by molar-refractivity contribution is 7.98. The predicted molar refractivity (Wildman–Crippen MR) is 109 cm³/mol. The lowest BCUT2D eigenvalue weighted by atomic mass is 10.2. The van der Waals surface area contributed by atoms with E-state index in [4.69, 9.17) is 14.5 Å². The number of hydrogen-bond acceptors (Lipinski definition) is 8. The molecule has 4 rings (SSSR count). The number of ether oxygens (including phenoxy) is 2. The Kier molecular flexibility index (Phi) is 5.72. The molecule has 148 valence electrons. The summed E-state index contributed by atoms with van der Waals surface area (Å²) in [6.45, 7) is 0. The van der Waals surface area contributed by atoms with Gasteiger partial charge in [0.25, 0.3) is 0 Å². The van der Waals surface area contributed by atoms with Crippen molar-refractivity contribution < 1.29 is 13.9 Å². The van der Waals surface area contributed by atoms with Crippen molar-refractivity contribution in [1.82, 2.24) is 25.2 Å². The molecule has 0 aliphatic rings. The highest BCUT2D eigenvalue weighted by atomic mass is 32.2. The third-order valence-electron chi connectivity index (χ3n) is 4.03. The van der Waals surface area contributed by atoms with Gasteiger partial charge < -0.3 is 9.47 Å². The molecule has 0 saturated heterocycles. The van der Waals surface area contributed by atoms with Gasteiger partial charge in [-0.2, -0.15) is 4.68 Å². The van der Waals surface area contributed by atoms with Crippen LogP contribution in [0.4, 0.5) is 4.39 Å². The largest absolute Gasteiger partial charge is 0.493 e. The van der Waals surface area contributed by atoms with Crippen LogP contribution in [0.25, 0.3) is 16.3 Å². The summed E-state index contributed by atoms with van der Waals surface area (Å²) in [5, 5.41) is 15.1. The van der Waals surface area contributed by atoms with Crippen molar-refractivity contribution in [3.05, 3.63) is 59.4 Å². The second kappa shape index (κ2) is 8.58. The second-order valence-electron chi connectivity index (χ2n) is 5.86. The maximum absolute atomic E-state index is 13.5. The van der Waals surface area contributed by atoms with E-state index in [1.54, 1.807) is 37.7 Å². The zero-order chi connectivity index (χ0) is 20.2. The van der Waals surface area contributed by atoms with Crippen molar-refractivity contribution in [2.75, 3.05) is 14.2 Å². The lowest BCUT2D eigenvalue weighted by Gasteiger charge is -2.08. The van der Waals surface area contributed by atoms with Gasteiger partial charge in [0, 0.05) is 16.7 Å². The third-order valence-corrected chi connectivity index (χ3v) is 5.92. The molecule has 7 nitrogen and oxygen atoms in total. The SMILES string of the molecule is COc1ccc(-c2nc(CSc3nnnn3-c3cccc(F)c3)cs2)cc1OC. The fourth-order valence-corrected chi connectivity index (χ4v) is 4.36. The molecular weight excluding hydrogens is 413 g/mol. The topological polar surface area (TPSA) is 75.0 Å². The van der Waals surface area contributed by atoms with Crippen molar-refractivity contribution in [2.24, 2.45) is 0 Å². The molecule has 2 aromatic heterocycles. The van der Waals surface area contributed by atoms with E-state index in [1.807, 2.05) is 23.6 Å². The molecule has 0 unspecified atom stereocenters. The number of rotatable bonds is 7. The van der Waals surface area contributed by atoms with Crippen molar-refractivity contribution in [3.63, 3.8) is 0 Å². The fraction of sp³-hybridized carbons (Fsp3) is 0.158. The molecule has 0 radical (unpaired) electrons. The van der Waals surface area contributed by atoms with Gasteiger partial charge in [-0.3, -0.25) is 0 Å². The van der Waals surface area contributed by atoms with Crippen LogP contribution in [0.15, 0.2) is 53.0 Å². The molecule has 2 aromatic carbocycles. The number of benzene rings is 2. The number of thioether (sulfide) groups is 1. The number of nitrogens with zero attached hydrogens (tertiary/aromatic N) is 5. The molecule has 0 aliphatic heterocycles. The van der Waals surface area contributed by atoms with E-state index in [-0.39, 0.29) is 5.82 Å². The predicted octanol–water partition coefficient (Wildman–Crippen LogP) is 4.23. The van der Waals surface area contributed by atoms with Gasteiger partial charge in [-0.1, -0.05) is 17.8 Å². The summed E-state index contributed by atoms with van der Waals surface area (Å²) in [7, 11) is 3.21. The Bertz CT molecular complexity index is 1130. The average molecular weight is 430 g/mol. The van der Waals surface area contributed by atoms with Crippen LogP contribution in [-0.2, 0) is 5.75 Å². The van der Waals surface area contributed by atoms with Gasteiger partial charge in [-0.15, -0.1) is 16.4 Å². The van der Waals surface area contributed by atoms with Crippen LogP contribution >= 0.6 is 23.1 Å². The summed E-state index contributed by atoms with van der Waals surface area (Å²) in [5.74, 6) is 1.57. The highest BCUT2D eigenvalue weighted by Crippen LogP contribution is 2.34. The molecule has 0 spiro atoms. The monoisotopic (exact) mass is 429 g/mol. The number of hydrogen-bond donors (Lipinski definition) is 0. The Balaban J connectivity index is 1.49. The number of tetrazole rings is 1. The summed E-state index contributed by atoms with van der Waals surface area (Å²) >= 11 is 2.98. The Morgan fingerprint density at radius 2 is 1.97 bits per heavy atom. The molecule has 10 heteroatoms. The van der Waals surface area contributed by atoms with Gasteiger partial charge in [0.2, 0.25) is 5.16 Å². The van der Waals surface area contributed by atoms with E-state index in [0.717, 1.165) is 16.3 Å². The van der Waals surface area contributed by atoms with Crippen molar-refractivity contribution >= 4 is 23.1 Å². The number of aromatic nitrogens is 5. The van der Waals surface area contributed by atoms with Crippen LogP contribution in [0, 0.1) is 5.82 Å². The molecular formula is C19H16FN5O2S2. The molecule has 4 aromatic rings. The van der Waals surface area contributed by atoms with E-state index >= 15 is 0 Å². The quantitative estimate of drug-likeness (QED) is 0.407. The minimum atomic E-state index is -0.340. The lowest BCUT2D eigenvalue weighted by molar-refractivity contribution is 0.355. The number of halogens is 1. The van der Waals surface area contributed by atoms with Crippen LogP contribution in [0.2, 0.25) is 0 Å². The molecule has 0 bridgehead atoms. The summed E-state index contributed by atoms with van der Waals surface area (Å²) in [6.07, 6.45) is 0. The molecule has 0 fully saturated rings. The second-order valence-corrected chi connectivity index (χ2v) is 7.66. The van der Waals surface area contributed by atoms with Crippen LogP contribution in [-0.4, -0.2) is 39.4 Å². The highest BCUT2D eigenvalue weighted by Gasteiger charge is 2.13. The van der Waals surface area contributed by atoms with Crippen LogP contribution in [0.5, 0.6) is 11.5 Å². The number of methoxy groups -OCH3 is 2. The van der Waals surface area contributed by atoms with E-state index in [2.05, 4.69) is 15.5 Å². The minimum Gasteiger partial charge on any atom is -0.493 e. The van der Waals surface area contributed by atoms with E-state index in [0.29, 0.717) is 28.1 Å². The van der Waals surface area contributed by atoms with Crippen molar-refractivity contribution in [2.45, 2.75) is 10.9 Å². The minimum absolute atomic E-state index is 0.340. The first-order chi connectivity index (χ1) is 14.2. The van der Waals surface area contributed by atoms with E-state index in [9.17, 15) is 4.39 Å². The lowest BCUT2D eigenvalue weighted by Crippen LogP contribution is -1.99. The zero-order valence-corrected chi connectivity index (χ0v) is 17.2. The maximum Gasteiger partial charge on any atom is 0.214 e. The first-order valence-corrected chi connectivity index (χ1v) is 10.4. The molecule has 0 aliphatic carbocycles. The Morgan fingerprint density at radius 3 is 2.76 bits per heavy atom. The van der Waals surface area contributed by atoms with E-state index in [1.165, 1.54) is 28.6 Å². The van der Waals surface area contributed by atoms with Crippen molar-refractivity contribution in [3.8, 4) is 27.8 Å². The van der Waals surface area contributed by atoms with Gasteiger partial charge in [0.1, 0.15) is 10.8 Å². The molecule has 0 amide bonds. The summed E-state index contributed by atoms with van der Waals surface area (Å²) in [6, 6.07) is 11.8. The third kappa shape index (κ3) is 4.22. The van der Waals surface area contributed by atoms with Gasteiger partial charge in [0.05, 0.1) is 25.6 Å². The Labute approximate surface area is 174 Å². The van der Waals surface area contributed by atoms with Crippen LogP contribution < -0.4 is 9.47 Å². The van der Waals surface area contributed by atoms with Crippen LogP contribution in [0.1, 0.15) is 5.69 Å². The number of thiazole rings is 1. The maximum atomic E-state index is 13.5. The summed E-state index contributed by atoms with van der Waals surface area (Å²) in [5.41, 5.74) is 2.42. The Hall–Kier alpha value is -2.98. The van der Waals surface area contributed by atoms with Crippen LogP contribution in [0.3, 0.4) is 0 Å². The van der Waals surface area contributed by atoms with Gasteiger partial charge >= 0.3 is 0 Å². The summed E-state index contributed by atoms with van der Waals surface area (Å²) in [4.78, 5) is 4.69. The molecule has 2 heterocycles. The molecule has 0 atom stereocenters. The normalized spacial score (nSPS) is 10.9. The molecule has 29 heavy (non-hydrogen) atoms. The van der Waals surface area contributed by atoms with Gasteiger partial charge in [-0.25, -0.2) is 9.37 Å². The van der Waals surface area contributed by atoms with Gasteiger partial charge in [-0.05, 0) is 46.8 Å². The summed E-state index contributed by atoms with van der Waals surface area (Å²) < 4.78 is 25.6. The Morgan fingerprint density at radius 1 is 1.10 bits per heavy atom. The van der Waals surface area contributed by atoms with Gasteiger partial charge in [0.15, 0.2) is 11.5 Å².